The summed E-state index contributed by atoms with van der Waals surface area (Å²) in [5.41, 5.74) is 1.43. The lowest BCUT2D eigenvalue weighted by Gasteiger charge is -2.33. The standard InChI is InChI=1S/C16H26N4O3S2Si2/c1-26(2,11-24-15-17-5-13(9-21)6-18-15)23-27(3,4)12-25-16-19-7-14(10-22)8-20-16/h5-8,21-22H,9-12H2,1-4H3. The Labute approximate surface area is 170 Å². The Kier molecular flexibility index (Phi) is 8.40. The summed E-state index contributed by atoms with van der Waals surface area (Å²) in [5.74, 6) is 0. The van der Waals surface area contributed by atoms with Gasteiger partial charge in [0.15, 0.2) is 26.9 Å². The predicted molar refractivity (Wildman–Crippen MR) is 113 cm³/mol. The molecule has 2 aromatic rings. The van der Waals surface area contributed by atoms with E-state index in [0.717, 1.165) is 10.8 Å². The summed E-state index contributed by atoms with van der Waals surface area (Å²) in [5, 5.41) is 21.3. The maximum absolute atomic E-state index is 9.06. The van der Waals surface area contributed by atoms with Gasteiger partial charge in [0.1, 0.15) is 0 Å². The van der Waals surface area contributed by atoms with Crippen LogP contribution in [0.1, 0.15) is 11.1 Å². The Morgan fingerprint density at radius 3 is 1.37 bits per heavy atom. The Balaban J connectivity index is 1.85. The molecule has 0 saturated carbocycles. The van der Waals surface area contributed by atoms with E-state index < -0.39 is 16.6 Å². The van der Waals surface area contributed by atoms with E-state index in [1.807, 2.05) is 0 Å². The molecule has 148 valence electrons. The minimum absolute atomic E-state index is 0.0435. The molecule has 11 heteroatoms. The van der Waals surface area contributed by atoms with Crippen molar-refractivity contribution in [1.82, 2.24) is 19.9 Å². The van der Waals surface area contributed by atoms with Gasteiger partial charge in [-0.3, -0.25) is 0 Å². The van der Waals surface area contributed by atoms with Crippen LogP contribution in [-0.4, -0.2) is 57.5 Å². The summed E-state index contributed by atoms with van der Waals surface area (Å²) in [6.45, 7) is 8.78. The van der Waals surface area contributed by atoms with Crippen molar-refractivity contribution in [1.29, 1.82) is 0 Å². The zero-order valence-electron chi connectivity index (χ0n) is 16.0. The highest BCUT2D eigenvalue weighted by Crippen LogP contribution is 2.26. The van der Waals surface area contributed by atoms with E-state index in [1.165, 1.54) is 0 Å². The lowest BCUT2D eigenvalue weighted by Crippen LogP contribution is -2.48. The van der Waals surface area contributed by atoms with Gasteiger partial charge in [0.2, 0.25) is 0 Å². The maximum Gasteiger partial charge on any atom is 0.187 e. The van der Waals surface area contributed by atoms with Gasteiger partial charge in [-0.05, 0) is 26.2 Å². The quantitative estimate of drug-likeness (QED) is 0.326. The van der Waals surface area contributed by atoms with Gasteiger partial charge in [-0.2, -0.15) is 0 Å². The van der Waals surface area contributed by atoms with Crippen LogP contribution in [0.4, 0.5) is 0 Å². The lowest BCUT2D eigenvalue weighted by atomic mass is 10.4. The molecule has 0 aliphatic carbocycles. The van der Waals surface area contributed by atoms with Crippen molar-refractivity contribution in [3.8, 4) is 0 Å². The zero-order chi connectivity index (χ0) is 19.9. The van der Waals surface area contributed by atoms with Crippen molar-refractivity contribution >= 4 is 40.2 Å². The number of thioether (sulfide) groups is 2. The molecule has 0 fully saturated rings. The Morgan fingerprint density at radius 2 is 1.07 bits per heavy atom. The Bertz CT molecular complexity index is 657. The van der Waals surface area contributed by atoms with Crippen LogP contribution in [0.15, 0.2) is 35.1 Å². The normalized spacial score (nSPS) is 12.4. The van der Waals surface area contributed by atoms with Crippen LogP contribution in [-0.2, 0) is 17.3 Å². The van der Waals surface area contributed by atoms with Gasteiger partial charge >= 0.3 is 0 Å². The van der Waals surface area contributed by atoms with Crippen molar-refractivity contribution in [3.63, 3.8) is 0 Å². The molecular formula is C16H26N4O3S2Si2. The molecule has 0 amide bonds. The van der Waals surface area contributed by atoms with Crippen molar-refractivity contribution < 1.29 is 14.3 Å². The van der Waals surface area contributed by atoms with Crippen LogP contribution in [0.5, 0.6) is 0 Å². The zero-order valence-corrected chi connectivity index (χ0v) is 19.7. The summed E-state index contributed by atoms with van der Waals surface area (Å²) in [7, 11) is -3.78. The highest BCUT2D eigenvalue weighted by Gasteiger charge is 2.33. The maximum atomic E-state index is 9.06. The number of rotatable bonds is 10. The topological polar surface area (TPSA) is 101 Å². The second-order valence-electron chi connectivity index (χ2n) is 7.26. The Hall–Kier alpha value is -0.826. The first-order valence-corrected chi connectivity index (χ1v) is 16.7. The average molecular weight is 443 g/mol. The molecule has 0 saturated heterocycles. The molecule has 2 N–H and O–H groups in total. The molecular weight excluding hydrogens is 417 g/mol. The van der Waals surface area contributed by atoms with Gasteiger partial charge in [-0.25, -0.2) is 19.9 Å². The van der Waals surface area contributed by atoms with E-state index in [-0.39, 0.29) is 13.2 Å². The predicted octanol–water partition coefficient (Wildman–Crippen LogP) is 2.64. The third kappa shape index (κ3) is 7.97. The molecule has 0 aliphatic rings. The van der Waals surface area contributed by atoms with Gasteiger partial charge in [-0.1, -0.05) is 23.5 Å². The van der Waals surface area contributed by atoms with Gasteiger partial charge in [-0.15, -0.1) is 0 Å². The first kappa shape index (κ1) is 22.5. The summed E-state index contributed by atoms with van der Waals surface area (Å²) in [6.07, 6.45) is 6.62. The van der Waals surface area contributed by atoms with Crippen molar-refractivity contribution in [2.24, 2.45) is 0 Å². The number of aromatic nitrogens is 4. The monoisotopic (exact) mass is 442 g/mol. The molecule has 0 aromatic carbocycles. The number of aliphatic hydroxyl groups is 2. The molecule has 2 rings (SSSR count). The third-order valence-electron chi connectivity index (χ3n) is 3.38. The lowest BCUT2D eigenvalue weighted by molar-refractivity contribution is 0.280. The minimum Gasteiger partial charge on any atom is -0.454 e. The first-order valence-electron chi connectivity index (χ1n) is 8.52. The largest absolute Gasteiger partial charge is 0.454 e. The number of nitrogens with zero attached hydrogens (tertiary/aromatic N) is 4. The fourth-order valence-electron chi connectivity index (χ4n) is 2.28. The molecule has 0 atom stereocenters. The van der Waals surface area contributed by atoms with E-state index in [1.54, 1.807) is 48.3 Å². The first-order chi connectivity index (χ1) is 12.7. The molecule has 0 bridgehead atoms. The van der Waals surface area contributed by atoms with Crippen LogP contribution < -0.4 is 0 Å². The molecule has 0 aliphatic heterocycles. The van der Waals surface area contributed by atoms with Crippen molar-refractivity contribution in [2.45, 2.75) is 49.7 Å². The van der Waals surface area contributed by atoms with Crippen LogP contribution in [0, 0.1) is 0 Å². The molecule has 7 nitrogen and oxygen atoms in total. The highest BCUT2D eigenvalue weighted by molar-refractivity contribution is 8.01. The smallest absolute Gasteiger partial charge is 0.187 e. The molecule has 0 unspecified atom stereocenters. The fraction of sp³-hybridized carbons (Fsp3) is 0.500. The second-order valence-corrected chi connectivity index (χ2v) is 18.7. The summed E-state index contributed by atoms with van der Waals surface area (Å²) < 4.78 is 6.60. The average Bonchev–Trinajstić information content (AvgIpc) is 2.65. The molecule has 0 spiro atoms. The van der Waals surface area contributed by atoms with Crippen LogP contribution >= 0.6 is 23.5 Å². The van der Waals surface area contributed by atoms with E-state index >= 15 is 0 Å². The third-order valence-corrected chi connectivity index (χ3v) is 15.5. The van der Waals surface area contributed by atoms with E-state index in [9.17, 15) is 0 Å². The van der Waals surface area contributed by atoms with Gasteiger partial charge < -0.3 is 14.3 Å². The molecule has 27 heavy (non-hydrogen) atoms. The number of hydrogen-bond acceptors (Lipinski definition) is 9. The summed E-state index contributed by atoms with van der Waals surface area (Å²) in [6, 6.07) is 0. The van der Waals surface area contributed by atoms with Crippen molar-refractivity contribution in [2.75, 3.05) is 10.8 Å². The van der Waals surface area contributed by atoms with Crippen LogP contribution in [0.3, 0.4) is 0 Å². The summed E-state index contributed by atoms with van der Waals surface area (Å²) >= 11 is 3.21. The number of aliphatic hydroxyl groups excluding tert-OH is 2. The molecule has 2 aromatic heterocycles. The second kappa shape index (κ2) is 10.1. The molecule has 2 heterocycles. The Morgan fingerprint density at radius 1 is 0.741 bits per heavy atom. The number of hydrogen-bond donors (Lipinski definition) is 2. The van der Waals surface area contributed by atoms with Gasteiger partial charge in [0.25, 0.3) is 0 Å². The van der Waals surface area contributed by atoms with Gasteiger partial charge in [0.05, 0.1) is 13.2 Å². The van der Waals surface area contributed by atoms with Crippen molar-refractivity contribution in [3.05, 3.63) is 35.9 Å². The van der Waals surface area contributed by atoms with E-state index in [2.05, 4.69) is 46.1 Å². The van der Waals surface area contributed by atoms with Gasteiger partial charge in [0, 0.05) is 46.7 Å². The molecule has 0 radical (unpaired) electrons. The highest BCUT2D eigenvalue weighted by atomic mass is 32.2. The van der Waals surface area contributed by atoms with E-state index in [0.29, 0.717) is 21.4 Å². The fourth-order valence-corrected chi connectivity index (χ4v) is 14.1. The SMILES string of the molecule is C[Si](C)(CSc1ncc(CO)cn1)O[Si](C)(C)CSc1ncc(CO)cn1. The van der Waals surface area contributed by atoms with Crippen LogP contribution in [0.25, 0.3) is 0 Å². The minimum atomic E-state index is -1.89. The summed E-state index contributed by atoms with van der Waals surface area (Å²) in [4.78, 5) is 17.1. The van der Waals surface area contributed by atoms with E-state index in [4.69, 9.17) is 14.3 Å². The van der Waals surface area contributed by atoms with Crippen LogP contribution in [0.2, 0.25) is 26.2 Å².